The first-order chi connectivity index (χ1) is 11.3. The maximum Gasteiger partial charge on any atom is 0.191 e. The van der Waals surface area contributed by atoms with Gasteiger partial charge in [-0.05, 0) is 45.1 Å². The number of aryl methyl sites for hydroxylation is 2. The molecule has 1 aromatic rings. The van der Waals surface area contributed by atoms with E-state index in [1.165, 1.54) is 12.0 Å². The van der Waals surface area contributed by atoms with Crippen molar-refractivity contribution in [3.8, 4) is 0 Å². The fourth-order valence-electron chi connectivity index (χ4n) is 2.16. The van der Waals surface area contributed by atoms with E-state index in [-0.39, 0.29) is 0 Å². The molecule has 0 bridgehead atoms. The third-order valence-electron chi connectivity index (χ3n) is 3.55. The second-order valence-electron chi connectivity index (χ2n) is 5.63. The first-order valence-corrected chi connectivity index (χ1v) is 8.86. The van der Waals surface area contributed by atoms with Crippen molar-refractivity contribution in [2.45, 2.75) is 52.9 Å². The van der Waals surface area contributed by atoms with Crippen LogP contribution in [0.4, 0.5) is 0 Å². The molecule has 1 aromatic heterocycles. The summed E-state index contributed by atoms with van der Waals surface area (Å²) in [6.07, 6.45) is 7.28. The first-order valence-electron chi connectivity index (χ1n) is 8.86. The van der Waals surface area contributed by atoms with Crippen molar-refractivity contribution in [2.75, 3.05) is 32.8 Å². The van der Waals surface area contributed by atoms with Gasteiger partial charge in [0.2, 0.25) is 0 Å². The fourth-order valence-corrected chi connectivity index (χ4v) is 2.16. The zero-order chi connectivity index (χ0) is 16.8. The predicted molar refractivity (Wildman–Crippen MR) is 96.0 cm³/mol. The second-order valence-corrected chi connectivity index (χ2v) is 5.63. The van der Waals surface area contributed by atoms with E-state index >= 15 is 0 Å². The molecule has 0 atom stereocenters. The summed E-state index contributed by atoms with van der Waals surface area (Å²) in [6, 6.07) is 0. The molecule has 0 aliphatic heterocycles. The molecule has 0 fully saturated rings. The van der Waals surface area contributed by atoms with Gasteiger partial charge in [0.25, 0.3) is 0 Å². The average molecular weight is 323 g/mol. The molecule has 132 valence electrons. The molecule has 0 spiro atoms. The highest BCUT2D eigenvalue weighted by Gasteiger charge is 2.00. The lowest BCUT2D eigenvalue weighted by Crippen LogP contribution is -2.38. The van der Waals surface area contributed by atoms with Gasteiger partial charge in [-0.2, -0.15) is 5.10 Å². The molecule has 23 heavy (non-hydrogen) atoms. The standard InChI is InChI=1S/C17H33N5O/c1-4-6-12-23-13-8-11-20-17(18-5-2)19-10-7-9-16-14-21-22-15(16)3/h14H,4-13H2,1-3H3,(H,21,22)(H2,18,19,20). The molecule has 6 heteroatoms. The number of H-pyrrole nitrogens is 1. The minimum absolute atomic E-state index is 0.812. The van der Waals surface area contributed by atoms with Crippen molar-refractivity contribution < 1.29 is 4.74 Å². The van der Waals surface area contributed by atoms with Crippen LogP contribution in [-0.2, 0) is 11.2 Å². The number of rotatable bonds is 12. The summed E-state index contributed by atoms with van der Waals surface area (Å²) < 4.78 is 5.56. The van der Waals surface area contributed by atoms with Crippen molar-refractivity contribution in [1.29, 1.82) is 0 Å². The first kappa shape index (κ1) is 19.5. The summed E-state index contributed by atoms with van der Waals surface area (Å²) in [5.41, 5.74) is 2.43. The Kier molecular flexibility index (Phi) is 11.0. The Hall–Kier alpha value is -1.56. The molecule has 0 saturated heterocycles. The highest BCUT2D eigenvalue weighted by atomic mass is 16.5. The average Bonchev–Trinajstić information content (AvgIpc) is 2.95. The highest BCUT2D eigenvalue weighted by molar-refractivity contribution is 5.79. The number of hydrogen-bond acceptors (Lipinski definition) is 3. The van der Waals surface area contributed by atoms with Crippen LogP contribution < -0.4 is 10.6 Å². The van der Waals surface area contributed by atoms with E-state index in [0.29, 0.717) is 0 Å². The van der Waals surface area contributed by atoms with Crippen LogP contribution in [0.25, 0.3) is 0 Å². The van der Waals surface area contributed by atoms with Gasteiger partial charge >= 0.3 is 0 Å². The smallest absolute Gasteiger partial charge is 0.191 e. The molecule has 0 aliphatic carbocycles. The molecular weight excluding hydrogens is 290 g/mol. The van der Waals surface area contributed by atoms with E-state index in [1.54, 1.807) is 0 Å². The third kappa shape index (κ3) is 9.23. The zero-order valence-electron chi connectivity index (χ0n) is 15.0. The summed E-state index contributed by atoms with van der Waals surface area (Å²) in [7, 11) is 0. The van der Waals surface area contributed by atoms with E-state index in [2.05, 4.69) is 46.6 Å². The lowest BCUT2D eigenvalue weighted by Gasteiger charge is -2.11. The molecule has 0 aromatic carbocycles. The molecule has 3 N–H and O–H groups in total. The number of guanidine groups is 1. The van der Waals surface area contributed by atoms with Crippen LogP contribution in [0.5, 0.6) is 0 Å². The van der Waals surface area contributed by atoms with Gasteiger partial charge in [0.05, 0.1) is 6.20 Å². The highest BCUT2D eigenvalue weighted by Crippen LogP contribution is 2.05. The van der Waals surface area contributed by atoms with E-state index in [1.807, 2.05) is 6.20 Å². The molecular formula is C17H33N5O. The molecule has 0 amide bonds. The van der Waals surface area contributed by atoms with E-state index in [9.17, 15) is 0 Å². The van der Waals surface area contributed by atoms with Gasteiger partial charge in [-0.1, -0.05) is 13.3 Å². The Morgan fingerprint density at radius 3 is 2.74 bits per heavy atom. The minimum Gasteiger partial charge on any atom is -0.381 e. The molecule has 1 rings (SSSR count). The van der Waals surface area contributed by atoms with Crippen LogP contribution in [0.2, 0.25) is 0 Å². The molecule has 0 aliphatic rings. The van der Waals surface area contributed by atoms with E-state index in [0.717, 1.165) is 70.2 Å². The zero-order valence-corrected chi connectivity index (χ0v) is 15.0. The van der Waals surface area contributed by atoms with Crippen molar-refractivity contribution in [2.24, 2.45) is 4.99 Å². The van der Waals surface area contributed by atoms with Gasteiger partial charge < -0.3 is 15.4 Å². The lowest BCUT2D eigenvalue weighted by atomic mass is 10.1. The number of hydrogen-bond donors (Lipinski definition) is 3. The van der Waals surface area contributed by atoms with Crippen molar-refractivity contribution in [3.63, 3.8) is 0 Å². The van der Waals surface area contributed by atoms with Crippen molar-refractivity contribution in [1.82, 2.24) is 20.8 Å². The third-order valence-corrected chi connectivity index (χ3v) is 3.55. The Morgan fingerprint density at radius 1 is 1.22 bits per heavy atom. The van der Waals surface area contributed by atoms with Crippen molar-refractivity contribution >= 4 is 5.96 Å². The Balaban J connectivity index is 2.15. The summed E-state index contributed by atoms with van der Waals surface area (Å²) >= 11 is 0. The number of nitrogens with one attached hydrogen (secondary N) is 3. The summed E-state index contributed by atoms with van der Waals surface area (Å²) in [4.78, 5) is 4.61. The number of nitrogens with zero attached hydrogens (tertiary/aromatic N) is 2. The molecule has 0 radical (unpaired) electrons. The summed E-state index contributed by atoms with van der Waals surface area (Å²) in [6.45, 7) is 10.6. The maximum atomic E-state index is 5.56. The Bertz CT molecular complexity index is 430. The number of ether oxygens (including phenoxy) is 1. The Morgan fingerprint density at radius 2 is 2.04 bits per heavy atom. The normalized spacial score (nSPS) is 11.7. The SMILES string of the molecule is CCCCOCCCNC(=NCCCc1cn[nH]c1C)NCC. The monoisotopic (exact) mass is 323 g/mol. The second kappa shape index (κ2) is 12.9. The van der Waals surface area contributed by atoms with Crippen LogP contribution >= 0.6 is 0 Å². The summed E-state index contributed by atoms with van der Waals surface area (Å²) in [5.74, 6) is 0.893. The van der Waals surface area contributed by atoms with Crippen LogP contribution in [-0.4, -0.2) is 49.0 Å². The van der Waals surface area contributed by atoms with Gasteiger partial charge in [-0.25, -0.2) is 0 Å². The fraction of sp³-hybridized carbons (Fsp3) is 0.765. The van der Waals surface area contributed by atoms with E-state index in [4.69, 9.17) is 4.74 Å². The number of unbranched alkanes of at least 4 members (excludes halogenated alkanes) is 1. The van der Waals surface area contributed by atoms with Gasteiger partial charge in [-0.15, -0.1) is 0 Å². The van der Waals surface area contributed by atoms with Gasteiger partial charge in [0.1, 0.15) is 0 Å². The predicted octanol–water partition coefficient (Wildman–Crippen LogP) is 2.41. The number of aromatic amines is 1. The number of aromatic nitrogens is 2. The van der Waals surface area contributed by atoms with Crippen LogP contribution in [0.15, 0.2) is 11.2 Å². The van der Waals surface area contributed by atoms with Gasteiger partial charge in [-0.3, -0.25) is 10.1 Å². The topological polar surface area (TPSA) is 74.3 Å². The quantitative estimate of drug-likeness (QED) is 0.314. The number of aliphatic imine (C=N–C) groups is 1. The van der Waals surface area contributed by atoms with Crippen LogP contribution in [0.3, 0.4) is 0 Å². The largest absolute Gasteiger partial charge is 0.381 e. The molecule has 6 nitrogen and oxygen atoms in total. The molecule has 0 saturated carbocycles. The minimum atomic E-state index is 0.812. The molecule has 1 heterocycles. The maximum absolute atomic E-state index is 5.56. The lowest BCUT2D eigenvalue weighted by molar-refractivity contribution is 0.129. The molecule has 0 unspecified atom stereocenters. The van der Waals surface area contributed by atoms with Gasteiger partial charge in [0, 0.05) is 38.5 Å². The summed E-state index contributed by atoms with van der Waals surface area (Å²) in [5, 5.41) is 13.6. The Labute approximate surface area is 140 Å². The van der Waals surface area contributed by atoms with Crippen LogP contribution in [0.1, 0.15) is 50.8 Å². The van der Waals surface area contributed by atoms with Crippen molar-refractivity contribution in [3.05, 3.63) is 17.5 Å². The van der Waals surface area contributed by atoms with Crippen LogP contribution in [0, 0.1) is 6.92 Å². The van der Waals surface area contributed by atoms with Gasteiger partial charge in [0.15, 0.2) is 5.96 Å². The van der Waals surface area contributed by atoms with E-state index < -0.39 is 0 Å².